The first-order chi connectivity index (χ1) is 8.81. The summed E-state index contributed by atoms with van der Waals surface area (Å²) in [6.07, 6.45) is 0. The highest BCUT2D eigenvalue weighted by Gasteiger charge is 2.58. The Balaban J connectivity index is 1.97. The number of amides is 1. The minimum absolute atomic E-state index is 0.0137. The predicted octanol–water partition coefficient (Wildman–Crippen LogP) is -0.117. The maximum absolute atomic E-state index is 11.9. The van der Waals surface area contributed by atoms with Crippen LogP contribution >= 0.6 is 0 Å². The van der Waals surface area contributed by atoms with Crippen LogP contribution in [0.15, 0.2) is 18.2 Å². The Morgan fingerprint density at radius 2 is 2.05 bits per heavy atom. The lowest BCUT2D eigenvalue weighted by Crippen LogP contribution is -2.67. The van der Waals surface area contributed by atoms with Gasteiger partial charge >= 0.3 is 5.97 Å². The summed E-state index contributed by atoms with van der Waals surface area (Å²) in [7, 11) is -3.23. The number of rotatable bonds is 1. The molecule has 0 aliphatic carbocycles. The van der Waals surface area contributed by atoms with E-state index in [9.17, 15) is 18.0 Å². The number of fused-ring (bicyclic) bond motifs is 1. The summed E-state index contributed by atoms with van der Waals surface area (Å²) in [6.45, 7) is 0. The van der Waals surface area contributed by atoms with Gasteiger partial charge in [0.25, 0.3) is 5.91 Å². The van der Waals surface area contributed by atoms with Crippen LogP contribution in [0.2, 0.25) is 0 Å². The molecule has 1 fully saturated rings. The molecule has 100 valence electrons. The normalized spacial score (nSPS) is 21.8. The average molecular weight is 283 g/mol. The topological polar surface area (TPSA) is 110 Å². The van der Waals surface area contributed by atoms with Gasteiger partial charge in [0.05, 0.1) is 11.3 Å². The van der Waals surface area contributed by atoms with Crippen molar-refractivity contribution in [3.63, 3.8) is 0 Å². The summed E-state index contributed by atoms with van der Waals surface area (Å²) >= 11 is 0. The number of carboxylic acids is 1. The summed E-state index contributed by atoms with van der Waals surface area (Å²) in [6, 6.07) is 4.01. The quantitative estimate of drug-likeness (QED) is 0.743. The van der Waals surface area contributed by atoms with Crippen LogP contribution in [0.3, 0.4) is 0 Å². The van der Waals surface area contributed by atoms with Crippen LogP contribution in [-0.2, 0) is 14.6 Å². The molecule has 0 radical (unpaired) electrons. The van der Waals surface area contributed by atoms with Crippen molar-refractivity contribution in [2.75, 3.05) is 16.8 Å². The molecule has 2 aliphatic rings. The molecule has 1 spiro atoms. The van der Waals surface area contributed by atoms with Crippen molar-refractivity contribution < 1.29 is 27.9 Å². The average Bonchev–Trinajstić information content (AvgIpc) is 2.27. The Hall–Kier alpha value is -2.09. The van der Waals surface area contributed by atoms with Crippen molar-refractivity contribution >= 4 is 27.4 Å². The minimum Gasteiger partial charge on any atom is -0.478 e. The largest absolute Gasteiger partial charge is 0.478 e. The van der Waals surface area contributed by atoms with E-state index < -0.39 is 27.3 Å². The number of carboxylic acid groups (broad SMARTS) is 1. The molecule has 1 aromatic rings. The second-order valence-corrected chi connectivity index (χ2v) is 6.66. The Labute approximate surface area is 108 Å². The van der Waals surface area contributed by atoms with Crippen LogP contribution in [0.5, 0.6) is 5.75 Å². The van der Waals surface area contributed by atoms with Crippen molar-refractivity contribution in [1.29, 1.82) is 0 Å². The number of nitrogens with one attached hydrogen (secondary N) is 1. The van der Waals surface area contributed by atoms with Gasteiger partial charge < -0.3 is 15.2 Å². The zero-order valence-electron chi connectivity index (χ0n) is 9.54. The second kappa shape index (κ2) is 3.47. The van der Waals surface area contributed by atoms with E-state index in [0.29, 0.717) is 0 Å². The number of carbonyl (C=O) groups is 2. The van der Waals surface area contributed by atoms with E-state index >= 15 is 0 Å². The van der Waals surface area contributed by atoms with Crippen LogP contribution in [0.4, 0.5) is 5.69 Å². The zero-order chi connectivity index (χ0) is 13.8. The third-order valence-electron chi connectivity index (χ3n) is 3.10. The fourth-order valence-corrected chi connectivity index (χ4v) is 3.92. The van der Waals surface area contributed by atoms with Crippen LogP contribution in [-0.4, -0.2) is 42.5 Å². The molecule has 0 aromatic heterocycles. The lowest BCUT2D eigenvalue weighted by Gasteiger charge is -2.42. The van der Waals surface area contributed by atoms with Gasteiger partial charge in [-0.15, -0.1) is 0 Å². The van der Waals surface area contributed by atoms with E-state index in [1.165, 1.54) is 18.2 Å². The van der Waals surface area contributed by atoms with Crippen LogP contribution in [0.25, 0.3) is 0 Å². The monoisotopic (exact) mass is 283 g/mol. The highest BCUT2D eigenvalue weighted by molar-refractivity contribution is 7.93. The van der Waals surface area contributed by atoms with Gasteiger partial charge in [-0.25, -0.2) is 13.2 Å². The first-order valence-electron chi connectivity index (χ1n) is 5.40. The molecule has 0 unspecified atom stereocenters. The van der Waals surface area contributed by atoms with Gasteiger partial charge in [-0.3, -0.25) is 4.79 Å². The van der Waals surface area contributed by atoms with Gasteiger partial charge in [0, 0.05) is 0 Å². The number of hydrogen-bond acceptors (Lipinski definition) is 5. The number of sulfone groups is 1. The molecule has 0 atom stereocenters. The number of benzene rings is 1. The van der Waals surface area contributed by atoms with E-state index in [-0.39, 0.29) is 28.5 Å². The summed E-state index contributed by atoms with van der Waals surface area (Å²) in [5, 5.41) is 11.3. The molecule has 2 aliphatic heterocycles. The maximum Gasteiger partial charge on any atom is 0.335 e. The van der Waals surface area contributed by atoms with Crippen molar-refractivity contribution in [1.82, 2.24) is 0 Å². The molecule has 1 saturated heterocycles. The first-order valence-corrected chi connectivity index (χ1v) is 7.22. The lowest BCUT2D eigenvalue weighted by atomic mass is 10.0. The van der Waals surface area contributed by atoms with Gasteiger partial charge in [-0.1, -0.05) is 0 Å². The summed E-state index contributed by atoms with van der Waals surface area (Å²) in [5.74, 6) is -2.11. The van der Waals surface area contributed by atoms with Crippen LogP contribution < -0.4 is 10.1 Å². The third kappa shape index (κ3) is 1.75. The number of ether oxygens (including phenoxy) is 1. The van der Waals surface area contributed by atoms with Gasteiger partial charge in [-0.2, -0.15) is 0 Å². The molecular formula is C11H9NO6S. The molecule has 3 rings (SSSR count). The Morgan fingerprint density at radius 1 is 1.37 bits per heavy atom. The van der Waals surface area contributed by atoms with Crippen molar-refractivity contribution in [3.8, 4) is 5.75 Å². The first kappa shape index (κ1) is 12.0. The minimum atomic E-state index is -3.23. The molecule has 2 heterocycles. The van der Waals surface area contributed by atoms with Gasteiger partial charge in [-0.05, 0) is 18.2 Å². The molecule has 8 heteroatoms. The molecule has 0 saturated carbocycles. The molecule has 2 N–H and O–H groups in total. The van der Waals surface area contributed by atoms with Crippen molar-refractivity contribution in [2.24, 2.45) is 0 Å². The number of aromatic carboxylic acids is 1. The summed E-state index contributed by atoms with van der Waals surface area (Å²) < 4.78 is 27.9. The summed E-state index contributed by atoms with van der Waals surface area (Å²) in [4.78, 5) is 22.7. The molecule has 19 heavy (non-hydrogen) atoms. The predicted molar refractivity (Wildman–Crippen MR) is 64.0 cm³/mol. The fraction of sp³-hybridized carbons (Fsp3) is 0.273. The number of carbonyl (C=O) groups excluding carboxylic acids is 1. The highest BCUT2D eigenvalue weighted by Crippen LogP contribution is 2.39. The smallest absolute Gasteiger partial charge is 0.335 e. The molecular weight excluding hydrogens is 274 g/mol. The van der Waals surface area contributed by atoms with E-state index in [1.807, 2.05) is 0 Å². The standard InChI is InChI=1S/C11H9NO6S/c13-9(14)6-1-2-8-7(3-6)12-10(15)11(18-8)4-19(16,17)5-11/h1-3H,4-5H2,(H,12,15)(H,13,14). The Morgan fingerprint density at radius 3 is 2.63 bits per heavy atom. The number of anilines is 1. The molecule has 1 aromatic carbocycles. The fourth-order valence-electron chi connectivity index (χ4n) is 2.20. The van der Waals surface area contributed by atoms with Crippen molar-refractivity contribution in [3.05, 3.63) is 23.8 Å². The van der Waals surface area contributed by atoms with Crippen LogP contribution in [0, 0.1) is 0 Å². The molecule has 0 bridgehead atoms. The Bertz CT molecular complexity index is 696. The molecule has 1 amide bonds. The number of hydrogen-bond donors (Lipinski definition) is 2. The van der Waals surface area contributed by atoms with Crippen molar-refractivity contribution in [2.45, 2.75) is 5.60 Å². The third-order valence-corrected chi connectivity index (χ3v) is 4.91. The van der Waals surface area contributed by atoms with Gasteiger partial charge in [0.2, 0.25) is 5.60 Å². The van der Waals surface area contributed by atoms with Crippen LogP contribution in [0.1, 0.15) is 10.4 Å². The molecule has 7 nitrogen and oxygen atoms in total. The van der Waals surface area contributed by atoms with E-state index in [1.54, 1.807) is 0 Å². The Kier molecular flexibility index (Phi) is 2.19. The lowest BCUT2D eigenvalue weighted by molar-refractivity contribution is -0.130. The maximum atomic E-state index is 11.9. The zero-order valence-corrected chi connectivity index (χ0v) is 10.4. The van der Waals surface area contributed by atoms with E-state index in [2.05, 4.69) is 5.32 Å². The SMILES string of the molecule is O=C(O)c1ccc2c(c1)NC(=O)C1(CS(=O)(=O)C1)O2. The second-order valence-electron chi connectivity index (χ2n) is 4.60. The highest BCUT2D eigenvalue weighted by atomic mass is 32.2. The van der Waals surface area contributed by atoms with E-state index in [0.717, 1.165) is 0 Å². The summed E-state index contributed by atoms with van der Waals surface area (Å²) in [5.41, 5.74) is -1.11. The van der Waals surface area contributed by atoms with Gasteiger partial charge in [0.1, 0.15) is 17.3 Å². The van der Waals surface area contributed by atoms with E-state index in [4.69, 9.17) is 9.84 Å². The van der Waals surface area contributed by atoms with Gasteiger partial charge in [0.15, 0.2) is 9.84 Å².